The first-order valence-corrected chi connectivity index (χ1v) is 32.8. The molecule has 0 unspecified atom stereocenters. The van der Waals surface area contributed by atoms with Gasteiger partial charge in [-0.15, -0.1) is 13.2 Å². The molecule has 22 heteroatoms. The molecule has 2 amide bonds. The van der Waals surface area contributed by atoms with Crippen LogP contribution in [0.15, 0.2) is 135 Å². The largest absolute Gasteiger partial charge is 0.497 e. The van der Waals surface area contributed by atoms with Crippen LogP contribution in [0.5, 0.6) is 5.75 Å². The second-order valence-electron chi connectivity index (χ2n) is 22.8. The highest BCUT2D eigenvalue weighted by atomic mass is 35.6. The Bertz CT molecular complexity index is 2670. The minimum atomic E-state index is -4.50. The first-order chi connectivity index (χ1) is 44.0. The van der Waals surface area contributed by atoms with Gasteiger partial charge < -0.3 is 67.8 Å². The van der Waals surface area contributed by atoms with Crippen LogP contribution in [0.4, 0.5) is 18.0 Å². The lowest BCUT2D eigenvalue weighted by Gasteiger charge is -2.47. The third-order valence-corrected chi connectivity index (χ3v) is 15.9. The molecular weight excluding hydrogens is 1240 g/mol. The fraction of sp³-hybridized carbons (Fsp3) is 0.565. The lowest BCUT2D eigenvalue weighted by atomic mass is 9.95. The molecule has 11 atom stereocenters. The topological polar surface area (TPSA) is 180 Å². The van der Waals surface area contributed by atoms with Crippen LogP contribution in [-0.4, -0.2) is 128 Å². The summed E-state index contributed by atoms with van der Waals surface area (Å²) in [5.41, 5.74) is 2.07. The van der Waals surface area contributed by atoms with Crippen molar-refractivity contribution >= 4 is 46.8 Å². The summed E-state index contributed by atoms with van der Waals surface area (Å²) in [6.45, 7) is 8.91. The van der Waals surface area contributed by atoms with E-state index >= 15 is 0 Å². The van der Waals surface area contributed by atoms with E-state index in [4.69, 9.17) is 86.9 Å². The Morgan fingerprint density at radius 2 is 1.11 bits per heavy atom. The number of hydrogen-bond acceptors (Lipinski definition) is 14. The van der Waals surface area contributed by atoms with Gasteiger partial charge in [0.1, 0.15) is 61.1 Å². The van der Waals surface area contributed by atoms with Crippen molar-refractivity contribution in [3.63, 3.8) is 0 Å². The first kappa shape index (κ1) is 75.2. The lowest BCUT2D eigenvalue weighted by molar-refractivity contribution is -0.314. The highest BCUT2D eigenvalue weighted by Gasteiger charge is 2.52. The third kappa shape index (κ3) is 27.6. The van der Waals surface area contributed by atoms with Gasteiger partial charge in [-0.3, -0.25) is 4.79 Å². The van der Waals surface area contributed by atoms with Gasteiger partial charge in [-0.1, -0.05) is 222 Å². The number of aliphatic hydroxyl groups is 1. The highest BCUT2D eigenvalue weighted by Crippen LogP contribution is 2.34. The SMILES string of the molecule is C=CCOC[C@H]1O[C@@H](OC[C@H]2O[C@H](OCC=C)[C@H](NC(=O)C[C@@H](CCCCCCCCCCCCCCC)OCc3ccc(C(F)(F)F)cc3)[C@@H](O)[C@@H]2OCc2ccccc2)[C@H](NC(=O)OCC(Cl)(Cl)Cl)[C@@H](OCc2ccc(OC)cc2)[C@@H]1OCc1ccccc1. The van der Waals surface area contributed by atoms with Crippen LogP contribution in [0.2, 0.25) is 0 Å². The smallest absolute Gasteiger partial charge is 0.416 e. The number of rotatable bonds is 42. The van der Waals surface area contributed by atoms with Crippen molar-refractivity contribution in [2.24, 2.45) is 0 Å². The summed E-state index contributed by atoms with van der Waals surface area (Å²) >= 11 is 18.1. The van der Waals surface area contributed by atoms with E-state index in [2.05, 4.69) is 30.7 Å². The molecule has 2 aliphatic rings. The van der Waals surface area contributed by atoms with Crippen LogP contribution in [0.1, 0.15) is 131 Å². The van der Waals surface area contributed by atoms with Crippen molar-refractivity contribution in [2.45, 2.75) is 207 Å². The van der Waals surface area contributed by atoms with E-state index in [9.17, 15) is 27.9 Å². The summed E-state index contributed by atoms with van der Waals surface area (Å²) in [7, 11) is 1.56. The van der Waals surface area contributed by atoms with Crippen molar-refractivity contribution in [3.8, 4) is 5.75 Å². The van der Waals surface area contributed by atoms with Crippen molar-refractivity contribution in [1.82, 2.24) is 10.6 Å². The number of ether oxygens (including phenoxy) is 11. The number of amides is 2. The Morgan fingerprint density at radius 3 is 1.66 bits per heavy atom. The van der Waals surface area contributed by atoms with Gasteiger partial charge in [0.2, 0.25) is 9.70 Å². The number of methoxy groups -OCH3 is 1. The fourth-order valence-corrected chi connectivity index (χ4v) is 10.9. The number of unbranched alkanes of at least 4 members (excludes halogenated alkanes) is 12. The van der Waals surface area contributed by atoms with Gasteiger partial charge in [0.25, 0.3) is 0 Å². The number of benzene rings is 4. The molecule has 91 heavy (non-hydrogen) atoms. The van der Waals surface area contributed by atoms with Gasteiger partial charge in [-0.05, 0) is 52.9 Å². The second-order valence-corrected chi connectivity index (χ2v) is 25.3. The molecule has 2 heterocycles. The molecule has 3 N–H and O–H groups in total. The summed E-state index contributed by atoms with van der Waals surface area (Å²) in [4.78, 5) is 28.3. The molecule has 16 nitrogen and oxygen atoms in total. The Kier molecular flexibility index (Phi) is 34.0. The van der Waals surface area contributed by atoms with Crippen LogP contribution in [0, 0.1) is 0 Å². The Labute approximate surface area is 550 Å². The molecule has 2 aliphatic heterocycles. The number of alkyl halides is 6. The number of aliphatic hydroxyl groups excluding tert-OH is 1. The Balaban J connectivity index is 1.25. The minimum Gasteiger partial charge on any atom is -0.497 e. The van der Waals surface area contributed by atoms with Gasteiger partial charge in [0, 0.05) is 0 Å². The third-order valence-electron chi connectivity index (χ3n) is 15.6. The number of nitrogens with one attached hydrogen (secondary N) is 2. The quantitative estimate of drug-likeness (QED) is 0.0217. The second kappa shape index (κ2) is 41.1. The molecule has 0 radical (unpaired) electrons. The summed E-state index contributed by atoms with van der Waals surface area (Å²) in [5.74, 6) is 0.116. The number of alkyl carbamates (subject to hydrolysis) is 1. The van der Waals surface area contributed by atoms with E-state index in [0.29, 0.717) is 17.7 Å². The van der Waals surface area contributed by atoms with Crippen LogP contribution >= 0.6 is 34.8 Å². The zero-order valence-corrected chi connectivity index (χ0v) is 54.6. The molecule has 4 aromatic carbocycles. The van der Waals surface area contributed by atoms with E-state index in [1.807, 2.05) is 72.8 Å². The molecule has 4 aromatic rings. The first-order valence-electron chi connectivity index (χ1n) is 31.6. The molecule has 0 aromatic heterocycles. The van der Waals surface area contributed by atoms with Gasteiger partial charge in [0.15, 0.2) is 12.6 Å². The summed E-state index contributed by atoms with van der Waals surface area (Å²) in [6.07, 6.45) is 2.61. The fourth-order valence-electron chi connectivity index (χ4n) is 10.8. The average molecular weight is 1340 g/mol. The maximum atomic E-state index is 14.4. The van der Waals surface area contributed by atoms with Gasteiger partial charge in [-0.2, -0.15) is 13.2 Å². The normalized spacial score (nSPS) is 22.2. The van der Waals surface area contributed by atoms with E-state index in [1.54, 1.807) is 25.3 Å². The van der Waals surface area contributed by atoms with Crippen molar-refractivity contribution in [3.05, 3.63) is 162 Å². The lowest BCUT2D eigenvalue weighted by Crippen LogP contribution is -2.67. The highest BCUT2D eigenvalue weighted by molar-refractivity contribution is 6.67. The van der Waals surface area contributed by atoms with Crippen LogP contribution < -0.4 is 15.4 Å². The number of carbonyl (C=O) groups is 2. The van der Waals surface area contributed by atoms with E-state index < -0.39 is 108 Å². The zero-order valence-electron chi connectivity index (χ0n) is 52.3. The number of halogens is 6. The van der Waals surface area contributed by atoms with Crippen LogP contribution in [0.25, 0.3) is 0 Å². The van der Waals surface area contributed by atoms with Gasteiger partial charge >= 0.3 is 12.3 Å². The maximum absolute atomic E-state index is 14.4. The molecule has 0 bridgehead atoms. The molecule has 0 saturated carbocycles. The minimum absolute atomic E-state index is 0.00240. The maximum Gasteiger partial charge on any atom is 0.416 e. The number of hydrogen-bond donors (Lipinski definition) is 3. The summed E-state index contributed by atoms with van der Waals surface area (Å²) < 4.78 is 108. The van der Waals surface area contributed by atoms with Gasteiger partial charge in [0.05, 0.1) is 78.1 Å². The van der Waals surface area contributed by atoms with Crippen molar-refractivity contribution in [2.75, 3.05) is 40.1 Å². The van der Waals surface area contributed by atoms with E-state index in [-0.39, 0.29) is 52.7 Å². The molecule has 504 valence electrons. The number of carbonyl (C=O) groups excluding carboxylic acids is 2. The molecule has 2 saturated heterocycles. The van der Waals surface area contributed by atoms with Gasteiger partial charge in [-0.25, -0.2) is 4.79 Å². The standard InChI is InChI=1S/C69H92Cl3F3N2O14/c1-5-8-9-10-11-12-13-14-15-16-17-18-25-30-55(84-42-51-31-35-53(36-32-51)69(73,74)75)41-58(78)76-59-61(79)62(85-43-49-26-21-19-22-27-49)57(91-65(59)83-40-7-3)47-88-66-60(77-67(80)89-48-68(70,71)72)64(87-45-52-33-37-54(81-4)38-34-52)63(56(90-66)46-82-39-6-2)86-44-50-28-23-20-24-29-50/h6-7,19-24,26-29,31-38,55-57,59-66,79H,2-3,5,8-18,25,30,39-48H2,1,4H3,(H,76,78)(H,77,80)/t55-,56-,57-,59-,60-,61-,62-,63-,64-,65+,66-/m1/s1. The average Bonchev–Trinajstić information content (AvgIpc) is 3.36. The predicted octanol–water partition coefficient (Wildman–Crippen LogP) is 14.4. The van der Waals surface area contributed by atoms with E-state index in [0.717, 1.165) is 60.9 Å². The summed E-state index contributed by atoms with van der Waals surface area (Å²) in [6, 6.07) is 28.2. The van der Waals surface area contributed by atoms with Crippen molar-refractivity contribution in [1.29, 1.82) is 0 Å². The molecule has 0 spiro atoms. The Morgan fingerprint density at radius 1 is 0.604 bits per heavy atom. The monoisotopic (exact) mass is 1330 g/mol. The Hall–Kier alpha value is -4.84. The van der Waals surface area contributed by atoms with Crippen molar-refractivity contribution < 1.29 is 80.0 Å². The molecular formula is C69H92Cl3F3N2O14. The molecule has 2 fully saturated rings. The van der Waals surface area contributed by atoms with Crippen LogP contribution in [0.3, 0.4) is 0 Å². The summed E-state index contributed by atoms with van der Waals surface area (Å²) in [5, 5.41) is 18.4. The predicted molar refractivity (Wildman–Crippen MR) is 343 cm³/mol. The molecule has 0 aliphatic carbocycles. The molecule has 6 rings (SSSR count). The van der Waals surface area contributed by atoms with Crippen LogP contribution in [-0.2, 0) is 84.8 Å². The van der Waals surface area contributed by atoms with E-state index in [1.165, 1.54) is 69.6 Å². The zero-order chi connectivity index (χ0) is 65.3.